The first-order valence-electron chi connectivity index (χ1n) is 11.7. The van der Waals surface area contributed by atoms with Crippen LogP contribution in [-0.2, 0) is 22.7 Å². The van der Waals surface area contributed by atoms with Crippen LogP contribution in [0, 0.1) is 11.3 Å². The Hall–Kier alpha value is -3.59. The molecule has 2 aliphatic heterocycles. The molecule has 186 valence electrons. The summed E-state index contributed by atoms with van der Waals surface area (Å²) < 4.78 is 16.2. The van der Waals surface area contributed by atoms with Gasteiger partial charge in [-0.15, -0.1) is 0 Å². The van der Waals surface area contributed by atoms with Crippen molar-refractivity contribution in [2.24, 2.45) is 4.36 Å². The summed E-state index contributed by atoms with van der Waals surface area (Å²) in [5, 5.41) is 16.0. The zero-order chi connectivity index (χ0) is 25.4. The van der Waals surface area contributed by atoms with E-state index in [1.54, 1.807) is 30.7 Å². The van der Waals surface area contributed by atoms with Crippen LogP contribution in [0.3, 0.4) is 0 Å². The highest BCUT2D eigenvalue weighted by molar-refractivity contribution is 7.92. The fourth-order valence-corrected chi connectivity index (χ4v) is 5.36. The molecule has 5 rings (SSSR count). The molecular weight excluding hydrogens is 474 g/mol. The smallest absolute Gasteiger partial charge is 0.229 e. The Morgan fingerprint density at radius 3 is 2.75 bits per heavy atom. The lowest BCUT2D eigenvalue weighted by Crippen LogP contribution is -2.43. The Bertz CT molecular complexity index is 1480. The summed E-state index contributed by atoms with van der Waals surface area (Å²) in [6.07, 6.45) is 5.59. The van der Waals surface area contributed by atoms with Gasteiger partial charge in [0, 0.05) is 53.6 Å². The summed E-state index contributed by atoms with van der Waals surface area (Å²) in [4.78, 5) is 18.1. The summed E-state index contributed by atoms with van der Waals surface area (Å²) in [5.41, 5.74) is 5.35. The molecule has 0 bridgehead atoms. The largest absolute Gasteiger partial charge is 0.324 e. The van der Waals surface area contributed by atoms with Gasteiger partial charge in [0.2, 0.25) is 5.95 Å². The van der Waals surface area contributed by atoms with Crippen molar-refractivity contribution in [2.45, 2.75) is 19.0 Å². The average Bonchev–Trinajstić information content (AvgIpc) is 2.80. The van der Waals surface area contributed by atoms with E-state index < -0.39 is 9.73 Å². The zero-order valence-corrected chi connectivity index (χ0v) is 21.6. The summed E-state index contributed by atoms with van der Waals surface area (Å²) in [5.74, 6) is 1.49. The third-order valence-electron chi connectivity index (χ3n) is 6.33. The second-order valence-electron chi connectivity index (χ2n) is 9.62. The Kier molecular flexibility index (Phi) is 6.34. The van der Waals surface area contributed by atoms with Crippen LogP contribution in [0.15, 0.2) is 40.9 Å². The topological polar surface area (TPSA) is 122 Å². The third-order valence-corrected chi connectivity index (χ3v) is 6.96. The van der Waals surface area contributed by atoms with Crippen LogP contribution in [0.5, 0.6) is 0 Å². The second-order valence-corrected chi connectivity index (χ2v) is 12.2. The molecule has 2 N–H and O–H groups in total. The molecule has 0 radical (unpaired) electrons. The molecule has 0 saturated heterocycles. The maximum absolute atomic E-state index is 12.0. The number of aromatic nitrogens is 3. The predicted molar refractivity (Wildman–Crippen MR) is 141 cm³/mol. The monoisotopic (exact) mass is 503 g/mol. The number of pyridine rings is 1. The van der Waals surface area contributed by atoms with Gasteiger partial charge in [0.15, 0.2) is 11.6 Å². The standard InChI is InChI=1S/C25H29N9OS/c1-33-14-17-11-19(10-16-8-9-34(2)20(15-33)23(16)17)28-25-27-13-18(12-26)24(31-25)30-21-6-5-7-22(29-21)32-36(3,4)35/h5-7,10-11,13,20H,8-9,14-15H2,1-4H3,(H2,27,28,29,30,31). The number of rotatable bonds is 5. The van der Waals surface area contributed by atoms with Crippen LogP contribution in [0.4, 0.5) is 29.1 Å². The molecule has 36 heavy (non-hydrogen) atoms. The lowest BCUT2D eigenvalue weighted by molar-refractivity contribution is 0.150. The quantitative estimate of drug-likeness (QED) is 0.538. The molecule has 0 saturated carbocycles. The van der Waals surface area contributed by atoms with E-state index in [4.69, 9.17) is 0 Å². The van der Waals surface area contributed by atoms with E-state index >= 15 is 0 Å². The third kappa shape index (κ3) is 5.16. The second kappa shape index (κ2) is 9.46. The highest BCUT2D eigenvalue weighted by Gasteiger charge is 2.32. The molecule has 1 unspecified atom stereocenters. The normalized spacial score (nSPS) is 17.7. The molecule has 0 amide bonds. The van der Waals surface area contributed by atoms with Crippen molar-refractivity contribution in [1.82, 2.24) is 24.8 Å². The van der Waals surface area contributed by atoms with Crippen molar-refractivity contribution < 1.29 is 4.21 Å². The van der Waals surface area contributed by atoms with Gasteiger partial charge in [-0.05, 0) is 61.5 Å². The van der Waals surface area contributed by atoms with Gasteiger partial charge in [0.25, 0.3) is 0 Å². The van der Waals surface area contributed by atoms with E-state index in [0.29, 0.717) is 29.4 Å². The van der Waals surface area contributed by atoms with Gasteiger partial charge in [-0.2, -0.15) is 14.6 Å². The van der Waals surface area contributed by atoms with Crippen LogP contribution < -0.4 is 10.6 Å². The van der Waals surface area contributed by atoms with Crippen molar-refractivity contribution >= 4 is 38.8 Å². The summed E-state index contributed by atoms with van der Waals surface area (Å²) >= 11 is 0. The van der Waals surface area contributed by atoms with Crippen LogP contribution in [0.2, 0.25) is 0 Å². The average molecular weight is 504 g/mol. The van der Waals surface area contributed by atoms with Gasteiger partial charge in [-0.1, -0.05) is 6.07 Å². The van der Waals surface area contributed by atoms with Gasteiger partial charge < -0.3 is 15.5 Å². The van der Waals surface area contributed by atoms with Crippen LogP contribution in [0.1, 0.15) is 28.3 Å². The Labute approximate surface area is 211 Å². The Morgan fingerprint density at radius 1 is 1.17 bits per heavy atom. The Morgan fingerprint density at radius 2 is 1.97 bits per heavy atom. The minimum absolute atomic E-state index is 0.285. The predicted octanol–water partition coefficient (Wildman–Crippen LogP) is 3.56. The molecular formula is C25H29N9OS. The van der Waals surface area contributed by atoms with Gasteiger partial charge in [0.1, 0.15) is 17.5 Å². The highest BCUT2D eigenvalue weighted by Crippen LogP contribution is 2.38. The minimum atomic E-state index is -2.35. The van der Waals surface area contributed by atoms with Crippen LogP contribution in [-0.4, -0.2) is 68.7 Å². The Balaban J connectivity index is 1.44. The zero-order valence-electron chi connectivity index (χ0n) is 20.8. The van der Waals surface area contributed by atoms with E-state index in [1.165, 1.54) is 22.9 Å². The molecule has 0 aliphatic carbocycles. The molecule has 2 aliphatic rings. The number of nitrogens with zero attached hydrogens (tertiary/aromatic N) is 7. The molecule has 4 heterocycles. The fourth-order valence-electron chi connectivity index (χ4n) is 4.81. The molecule has 3 aromatic rings. The van der Waals surface area contributed by atoms with E-state index in [1.807, 2.05) is 0 Å². The fraction of sp³-hybridized carbons (Fsp3) is 0.360. The van der Waals surface area contributed by atoms with E-state index in [0.717, 1.165) is 31.7 Å². The lowest BCUT2D eigenvalue weighted by Gasteiger charge is -2.42. The van der Waals surface area contributed by atoms with Gasteiger partial charge in [0.05, 0.1) is 6.20 Å². The van der Waals surface area contributed by atoms with Gasteiger partial charge >= 0.3 is 0 Å². The maximum atomic E-state index is 12.0. The molecule has 0 fully saturated rings. The number of hydrogen-bond donors (Lipinski definition) is 2. The van der Waals surface area contributed by atoms with Crippen molar-refractivity contribution in [3.63, 3.8) is 0 Å². The molecule has 0 spiro atoms. The van der Waals surface area contributed by atoms with E-state index in [-0.39, 0.29) is 5.56 Å². The highest BCUT2D eigenvalue weighted by atomic mass is 32.2. The summed E-state index contributed by atoms with van der Waals surface area (Å²) in [6.45, 7) is 2.96. The first-order chi connectivity index (χ1) is 17.2. The van der Waals surface area contributed by atoms with Crippen molar-refractivity contribution in [3.8, 4) is 6.07 Å². The van der Waals surface area contributed by atoms with Crippen molar-refractivity contribution in [1.29, 1.82) is 5.26 Å². The number of benzene rings is 1. The van der Waals surface area contributed by atoms with Gasteiger partial charge in [-0.3, -0.25) is 4.90 Å². The number of hydrogen-bond acceptors (Lipinski definition) is 10. The molecule has 10 nitrogen and oxygen atoms in total. The van der Waals surface area contributed by atoms with Crippen molar-refractivity contribution in [2.75, 3.05) is 50.3 Å². The van der Waals surface area contributed by atoms with E-state index in [2.05, 4.69) is 72.0 Å². The summed E-state index contributed by atoms with van der Waals surface area (Å²) in [7, 11) is 2.00. The molecule has 1 aromatic carbocycles. The van der Waals surface area contributed by atoms with Crippen molar-refractivity contribution in [3.05, 3.63) is 58.8 Å². The molecule has 2 aromatic heterocycles. The maximum Gasteiger partial charge on any atom is 0.229 e. The molecule has 1 atom stereocenters. The van der Waals surface area contributed by atoms with E-state index in [9.17, 15) is 9.47 Å². The molecule has 11 heteroatoms. The summed E-state index contributed by atoms with van der Waals surface area (Å²) in [6, 6.07) is 12.1. The number of anilines is 4. The van der Waals surface area contributed by atoms with Crippen LogP contribution >= 0.6 is 0 Å². The first kappa shape index (κ1) is 24.1. The minimum Gasteiger partial charge on any atom is -0.324 e. The van der Waals surface area contributed by atoms with Crippen LogP contribution in [0.25, 0.3) is 0 Å². The number of nitrogens with one attached hydrogen (secondary N) is 2. The van der Waals surface area contributed by atoms with Gasteiger partial charge in [-0.25, -0.2) is 14.2 Å². The number of nitriles is 1. The lowest BCUT2D eigenvalue weighted by atomic mass is 9.85. The first-order valence-corrected chi connectivity index (χ1v) is 14.0. The SMILES string of the molecule is CN1Cc2cc(Nc3ncc(C#N)c(Nc4cccc(N=S(C)(C)=O)n4)n3)cc3c2C(C1)N(C)CC3. The number of likely N-dealkylation sites (N-methyl/N-ethyl adjacent to an activating group) is 2.